The minimum atomic E-state index is -1.30. The van der Waals surface area contributed by atoms with Crippen molar-refractivity contribution in [3.63, 3.8) is 0 Å². The highest BCUT2D eigenvalue weighted by Crippen LogP contribution is 2.31. The Labute approximate surface area is 109 Å². The van der Waals surface area contributed by atoms with Gasteiger partial charge in [0.1, 0.15) is 10.6 Å². The van der Waals surface area contributed by atoms with Crippen LogP contribution in [-0.4, -0.2) is 28.0 Å². The minimum Gasteiger partial charge on any atom is -0.386 e. The van der Waals surface area contributed by atoms with Crippen molar-refractivity contribution >= 4 is 16.6 Å². The molecule has 1 fully saturated rings. The Hall–Kier alpha value is -1.20. The van der Waals surface area contributed by atoms with Crippen LogP contribution in [0.25, 0.3) is 0 Å². The molecule has 2 rings (SSSR count). The fraction of sp³-hybridized carbons (Fsp3) is 0.462. The van der Waals surface area contributed by atoms with Crippen molar-refractivity contribution in [3.8, 4) is 0 Å². The van der Waals surface area contributed by atoms with E-state index in [0.717, 1.165) is 10.5 Å². The smallest absolute Gasteiger partial charge is 0.111 e. The molecule has 1 aliphatic rings. The SMILES string of the molecule is Cc1ccc(S(=O)C2(C(=N)N)CCOCC2)cc1. The van der Waals surface area contributed by atoms with Crippen LogP contribution in [0.4, 0.5) is 0 Å². The van der Waals surface area contributed by atoms with E-state index in [1.165, 1.54) is 0 Å². The van der Waals surface area contributed by atoms with E-state index in [9.17, 15) is 4.21 Å². The van der Waals surface area contributed by atoms with Crippen LogP contribution in [0.5, 0.6) is 0 Å². The molecule has 3 N–H and O–H groups in total. The highest BCUT2D eigenvalue weighted by molar-refractivity contribution is 7.87. The van der Waals surface area contributed by atoms with Crippen LogP contribution in [0.3, 0.4) is 0 Å². The molecule has 1 unspecified atom stereocenters. The fourth-order valence-electron chi connectivity index (χ4n) is 2.14. The first-order chi connectivity index (χ1) is 8.56. The summed E-state index contributed by atoms with van der Waals surface area (Å²) in [5, 5.41) is 7.79. The summed E-state index contributed by atoms with van der Waals surface area (Å²) < 4.78 is 17.2. The van der Waals surface area contributed by atoms with Crippen LogP contribution in [0, 0.1) is 12.3 Å². The van der Waals surface area contributed by atoms with Crippen LogP contribution in [0.2, 0.25) is 0 Å². The molecule has 1 aromatic rings. The lowest BCUT2D eigenvalue weighted by Gasteiger charge is -2.35. The van der Waals surface area contributed by atoms with Crippen LogP contribution >= 0.6 is 0 Å². The first-order valence-electron chi connectivity index (χ1n) is 5.97. The summed E-state index contributed by atoms with van der Waals surface area (Å²) >= 11 is 0. The highest BCUT2D eigenvalue weighted by Gasteiger charge is 2.42. The number of nitrogens with one attached hydrogen (secondary N) is 1. The van der Waals surface area contributed by atoms with Gasteiger partial charge in [-0.15, -0.1) is 0 Å². The lowest BCUT2D eigenvalue weighted by molar-refractivity contribution is 0.0893. The van der Waals surface area contributed by atoms with Gasteiger partial charge in [0, 0.05) is 18.1 Å². The molecule has 1 atom stereocenters. The van der Waals surface area contributed by atoms with Gasteiger partial charge in [-0.1, -0.05) is 17.7 Å². The molecule has 0 aliphatic carbocycles. The zero-order valence-corrected chi connectivity index (χ0v) is 11.3. The maximum atomic E-state index is 12.7. The van der Waals surface area contributed by atoms with E-state index in [1.807, 2.05) is 31.2 Å². The highest BCUT2D eigenvalue weighted by atomic mass is 32.2. The molecule has 1 heterocycles. The number of nitrogens with two attached hydrogens (primary N) is 1. The summed E-state index contributed by atoms with van der Waals surface area (Å²) in [5.74, 6) is 0.00436. The number of amidine groups is 1. The monoisotopic (exact) mass is 266 g/mol. The van der Waals surface area contributed by atoms with Gasteiger partial charge in [0.15, 0.2) is 0 Å². The third-order valence-electron chi connectivity index (χ3n) is 3.38. The third-order valence-corrected chi connectivity index (χ3v) is 5.42. The molecule has 1 aliphatic heterocycles. The molecule has 18 heavy (non-hydrogen) atoms. The van der Waals surface area contributed by atoms with Gasteiger partial charge in [0.25, 0.3) is 0 Å². The summed E-state index contributed by atoms with van der Waals surface area (Å²) in [6.07, 6.45) is 1.09. The number of rotatable bonds is 3. The maximum Gasteiger partial charge on any atom is 0.111 e. The van der Waals surface area contributed by atoms with Gasteiger partial charge in [-0.05, 0) is 31.9 Å². The van der Waals surface area contributed by atoms with E-state index in [2.05, 4.69) is 0 Å². The maximum absolute atomic E-state index is 12.7. The van der Waals surface area contributed by atoms with E-state index in [4.69, 9.17) is 15.9 Å². The van der Waals surface area contributed by atoms with Crippen molar-refractivity contribution in [1.29, 1.82) is 5.41 Å². The minimum absolute atomic E-state index is 0.00436. The zero-order valence-electron chi connectivity index (χ0n) is 10.4. The number of benzene rings is 1. The molecule has 1 saturated heterocycles. The second-order valence-corrected chi connectivity index (χ2v) is 6.39. The molecule has 0 aromatic heterocycles. The summed E-state index contributed by atoms with van der Waals surface area (Å²) in [7, 11) is -1.30. The van der Waals surface area contributed by atoms with E-state index < -0.39 is 15.5 Å². The van der Waals surface area contributed by atoms with Crippen LogP contribution < -0.4 is 5.73 Å². The average molecular weight is 266 g/mol. The molecule has 5 heteroatoms. The van der Waals surface area contributed by atoms with Crippen molar-refractivity contribution in [1.82, 2.24) is 0 Å². The van der Waals surface area contributed by atoms with Crippen molar-refractivity contribution < 1.29 is 8.95 Å². The number of aryl methyl sites for hydroxylation is 1. The van der Waals surface area contributed by atoms with Gasteiger partial charge in [-0.2, -0.15) is 0 Å². The molecule has 0 spiro atoms. The average Bonchev–Trinajstić information content (AvgIpc) is 2.39. The first-order valence-corrected chi connectivity index (χ1v) is 7.12. The quantitative estimate of drug-likeness (QED) is 0.644. The summed E-state index contributed by atoms with van der Waals surface area (Å²) in [6.45, 7) is 3.01. The van der Waals surface area contributed by atoms with Crippen molar-refractivity contribution in [2.45, 2.75) is 29.4 Å². The Morgan fingerprint density at radius 2 is 1.89 bits per heavy atom. The molecule has 0 amide bonds. The number of hydrogen-bond acceptors (Lipinski definition) is 3. The van der Waals surface area contributed by atoms with Gasteiger partial charge in [-0.3, -0.25) is 9.62 Å². The lowest BCUT2D eigenvalue weighted by atomic mass is 9.98. The molecular weight excluding hydrogens is 248 g/mol. The van der Waals surface area contributed by atoms with Gasteiger partial charge in [-0.25, -0.2) is 0 Å². The molecule has 0 bridgehead atoms. The van der Waals surface area contributed by atoms with Gasteiger partial charge < -0.3 is 10.5 Å². The van der Waals surface area contributed by atoms with Gasteiger partial charge >= 0.3 is 0 Å². The number of hydrogen-bond donors (Lipinski definition) is 2. The van der Waals surface area contributed by atoms with Crippen LogP contribution in [0.1, 0.15) is 18.4 Å². The van der Waals surface area contributed by atoms with Crippen molar-refractivity contribution in [3.05, 3.63) is 29.8 Å². The van der Waals surface area contributed by atoms with Crippen LogP contribution in [-0.2, 0) is 15.5 Å². The van der Waals surface area contributed by atoms with Gasteiger partial charge in [0.05, 0.1) is 10.8 Å². The molecular formula is C13H18N2O2S. The van der Waals surface area contributed by atoms with Gasteiger partial charge in [0.2, 0.25) is 0 Å². The zero-order chi connectivity index (χ0) is 13.2. The largest absolute Gasteiger partial charge is 0.386 e. The topological polar surface area (TPSA) is 76.2 Å². The Morgan fingerprint density at radius 3 is 2.39 bits per heavy atom. The molecule has 4 nitrogen and oxygen atoms in total. The number of ether oxygens (including phenoxy) is 1. The predicted octanol–water partition coefficient (Wildman–Crippen LogP) is 1.59. The van der Waals surface area contributed by atoms with Crippen molar-refractivity contribution in [2.75, 3.05) is 13.2 Å². The summed E-state index contributed by atoms with van der Waals surface area (Å²) in [6, 6.07) is 7.57. The second kappa shape index (κ2) is 5.20. The second-order valence-electron chi connectivity index (χ2n) is 4.60. The van der Waals surface area contributed by atoms with E-state index in [-0.39, 0.29) is 5.84 Å². The Morgan fingerprint density at radius 1 is 1.33 bits per heavy atom. The molecule has 98 valence electrons. The fourth-order valence-corrected chi connectivity index (χ4v) is 3.71. The first kappa shape index (κ1) is 13.2. The summed E-state index contributed by atoms with van der Waals surface area (Å²) in [5.41, 5.74) is 6.83. The predicted molar refractivity (Wildman–Crippen MR) is 72.3 cm³/mol. The summed E-state index contributed by atoms with van der Waals surface area (Å²) in [4.78, 5) is 0.734. The van der Waals surface area contributed by atoms with E-state index in [0.29, 0.717) is 26.1 Å². The molecule has 0 radical (unpaired) electrons. The Bertz CT molecular complexity index is 464. The van der Waals surface area contributed by atoms with E-state index in [1.54, 1.807) is 0 Å². The van der Waals surface area contributed by atoms with E-state index >= 15 is 0 Å². The Balaban J connectivity index is 2.34. The molecule has 1 aromatic carbocycles. The third kappa shape index (κ3) is 2.33. The Kier molecular flexibility index (Phi) is 3.82. The standard InChI is InChI=1S/C13H18N2O2S/c1-10-2-4-11(5-3-10)18(16)13(12(14)15)6-8-17-9-7-13/h2-5H,6-9H2,1H3,(H3,14,15). The normalized spacial score (nSPS) is 20.3. The lowest BCUT2D eigenvalue weighted by Crippen LogP contribution is -2.50. The van der Waals surface area contributed by atoms with Crippen molar-refractivity contribution in [2.24, 2.45) is 5.73 Å². The molecule has 0 saturated carbocycles. The van der Waals surface area contributed by atoms with Crippen LogP contribution in [0.15, 0.2) is 29.2 Å².